The van der Waals surface area contributed by atoms with Gasteiger partial charge in [0.15, 0.2) is 0 Å². The first-order chi connectivity index (χ1) is 13.3. The SMILES string of the molecule is C=C(C1=N[C@@H](Cc2ccccc2)CO1)N(C1CCCCC1)C1CCCCC1. The monoisotopic (exact) mass is 366 g/mol. The molecule has 1 aromatic rings. The molecule has 2 fully saturated rings. The highest BCUT2D eigenvalue weighted by atomic mass is 16.5. The van der Waals surface area contributed by atoms with Crippen LogP contribution in [-0.4, -0.2) is 35.5 Å². The summed E-state index contributed by atoms with van der Waals surface area (Å²) in [6, 6.07) is 12.1. The standard InChI is InChI=1S/C24H34N2O/c1-19(24-25-21(18-27-24)17-20-11-5-2-6-12-20)26(22-13-7-3-8-14-22)23-15-9-4-10-16-23/h2,5-6,11-12,21-23H,1,3-4,7-10,13-18H2/t21-/m0/s1. The van der Waals surface area contributed by atoms with Crippen LogP contribution >= 0.6 is 0 Å². The van der Waals surface area contributed by atoms with E-state index in [1.807, 2.05) is 0 Å². The summed E-state index contributed by atoms with van der Waals surface area (Å²) in [6.45, 7) is 5.19. The van der Waals surface area contributed by atoms with Crippen molar-refractivity contribution in [2.24, 2.45) is 4.99 Å². The third kappa shape index (κ3) is 4.56. The zero-order valence-electron chi connectivity index (χ0n) is 16.6. The molecule has 27 heavy (non-hydrogen) atoms. The van der Waals surface area contributed by atoms with Gasteiger partial charge in [-0.2, -0.15) is 0 Å². The topological polar surface area (TPSA) is 24.8 Å². The molecular formula is C24H34N2O. The molecule has 0 aromatic heterocycles. The minimum atomic E-state index is 0.221. The first kappa shape index (κ1) is 18.6. The van der Waals surface area contributed by atoms with Gasteiger partial charge < -0.3 is 9.64 Å². The fourth-order valence-electron chi connectivity index (χ4n) is 5.13. The lowest BCUT2D eigenvalue weighted by molar-refractivity contribution is 0.122. The van der Waals surface area contributed by atoms with Crippen molar-refractivity contribution in [3.05, 3.63) is 48.2 Å². The van der Waals surface area contributed by atoms with Gasteiger partial charge in [-0.3, -0.25) is 0 Å². The molecule has 0 radical (unpaired) electrons. The van der Waals surface area contributed by atoms with E-state index in [0.29, 0.717) is 18.7 Å². The molecule has 3 nitrogen and oxygen atoms in total. The lowest BCUT2D eigenvalue weighted by atomic mass is 9.88. The second-order valence-electron chi connectivity index (χ2n) is 8.53. The molecule has 0 bridgehead atoms. The summed E-state index contributed by atoms with van der Waals surface area (Å²) in [7, 11) is 0. The van der Waals surface area contributed by atoms with Crippen LogP contribution in [0.4, 0.5) is 0 Å². The van der Waals surface area contributed by atoms with Gasteiger partial charge in [-0.15, -0.1) is 0 Å². The van der Waals surface area contributed by atoms with Crippen LogP contribution in [0.1, 0.15) is 69.8 Å². The predicted octanol–water partition coefficient (Wildman–Crippen LogP) is 5.51. The zero-order chi connectivity index (χ0) is 18.5. The maximum Gasteiger partial charge on any atom is 0.232 e. The molecule has 2 aliphatic carbocycles. The molecule has 0 unspecified atom stereocenters. The van der Waals surface area contributed by atoms with Gasteiger partial charge in [-0.25, -0.2) is 4.99 Å². The van der Waals surface area contributed by atoms with Crippen molar-refractivity contribution in [1.29, 1.82) is 0 Å². The number of benzene rings is 1. The Morgan fingerprint density at radius 1 is 0.926 bits per heavy atom. The molecule has 146 valence electrons. The number of hydrogen-bond acceptors (Lipinski definition) is 3. The number of rotatable bonds is 6. The van der Waals surface area contributed by atoms with Crippen LogP contribution in [-0.2, 0) is 11.2 Å². The molecule has 0 saturated heterocycles. The van der Waals surface area contributed by atoms with E-state index in [0.717, 1.165) is 18.0 Å². The van der Waals surface area contributed by atoms with E-state index in [2.05, 4.69) is 41.8 Å². The summed E-state index contributed by atoms with van der Waals surface area (Å²) in [4.78, 5) is 7.59. The Kier molecular flexibility index (Phi) is 6.16. The van der Waals surface area contributed by atoms with Gasteiger partial charge in [0.1, 0.15) is 6.61 Å². The highest BCUT2D eigenvalue weighted by Gasteiger charge is 2.33. The predicted molar refractivity (Wildman–Crippen MR) is 112 cm³/mol. The highest BCUT2D eigenvalue weighted by molar-refractivity contribution is 5.93. The van der Waals surface area contributed by atoms with Gasteiger partial charge in [0.25, 0.3) is 0 Å². The average molecular weight is 367 g/mol. The summed E-state index contributed by atoms with van der Waals surface area (Å²) in [5, 5.41) is 0. The van der Waals surface area contributed by atoms with Crippen LogP contribution in [0.5, 0.6) is 0 Å². The van der Waals surface area contributed by atoms with Crippen molar-refractivity contribution in [3.63, 3.8) is 0 Å². The summed E-state index contributed by atoms with van der Waals surface area (Å²) in [5.41, 5.74) is 2.39. The molecule has 0 N–H and O–H groups in total. The van der Waals surface area contributed by atoms with Gasteiger partial charge in [0.2, 0.25) is 5.90 Å². The van der Waals surface area contributed by atoms with Crippen LogP contribution < -0.4 is 0 Å². The Labute approximate surface area is 164 Å². The van der Waals surface area contributed by atoms with Crippen LogP contribution in [0.25, 0.3) is 0 Å². The highest BCUT2D eigenvalue weighted by Crippen LogP contribution is 2.33. The smallest absolute Gasteiger partial charge is 0.232 e. The first-order valence-corrected chi connectivity index (χ1v) is 11.0. The Hall–Kier alpha value is -1.77. The average Bonchev–Trinajstić information content (AvgIpc) is 3.19. The summed E-state index contributed by atoms with van der Waals surface area (Å²) in [5.74, 6) is 0.812. The number of aliphatic imine (C=N–C) groups is 1. The molecule has 3 aliphatic rings. The summed E-state index contributed by atoms with van der Waals surface area (Å²) < 4.78 is 6.07. The molecule has 4 rings (SSSR count). The fourth-order valence-corrected chi connectivity index (χ4v) is 5.13. The molecule has 1 aliphatic heterocycles. The molecule has 3 heteroatoms. The summed E-state index contributed by atoms with van der Waals surface area (Å²) in [6.07, 6.45) is 14.3. The van der Waals surface area contributed by atoms with Crippen molar-refractivity contribution in [3.8, 4) is 0 Å². The van der Waals surface area contributed by atoms with Crippen LogP contribution in [0.3, 0.4) is 0 Å². The third-order valence-electron chi connectivity index (χ3n) is 6.52. The normalized spacial score (nSPS) is 24.3. The van der Waals surface area contributed by atoms with Crippen LogP contribution in [0.2, 0.25) is 0 Å². The van der Waals surface area contributed by atoms with E-state index < -0.39 is 0 Å². The van der Waals surface area contributed by atoms with Gasteiger partial charge in [0, 0.05) is 12.1 Å². The third-order valence-corrected chi connectivity index (χ3v) is 6.52. The maximum atomic E-state index is 6.07. The Morgan fingerprint density at radius 3 is 2.11 bits per heavy atom. The molecular weight excluding hydrogens is 332 g/mol. The van der Waals surface area contributed by atoms with E-state index in [1.165, 1.54) is 69.8 Å². The van der Waals surface area contributed by atoms with Gasteiger partial charge in [-0.05, 0) is 37.7 Å². The van der Waals surface area contributed by atoms with Crippen molar-refractivity contribution < 1.29 is 4.74 Å². The van der Waals surface area contributed by atoms with Crippen molar-refractivity contribution in [2.75, 3.05) is 6.61 Å². The van der Waals surface area contributed by atoms with E-state index >= 15 is 0 Å². The van der Waals surface area contributed by atoms with Crippen molar-refractivity contribution in [1.82, 2.24) is 4.90 Å². The first-order valence-electron chi connectivity index (χ1n) is 11.0. The number of nitrogens with zero attached hydrogens (tertiary/aromatic N) is 2. The van der Waals surface area contributed by atoms with E-state index in [9.17, 15) is 0 Å². The molecule has 0 spiro atoms. The van der Waals surface area contributed by atoms with Gasteiger partial charge in [-0.1, -0.05) is 75.4 Å². The second kappa shape index (κ2) is 8.95. The minimum Gasteiger partial charge on any atom is -0.474 e. The molecule has 1 aromatic carbocycles. The van der Waals surface area contributed by atoms with E-state index in [-0.39, 0.29) is 6.04 Å². The lowest BCUT2D eigenvalue weighted by Gasteiger charge is -2.43. The largest absolute Gasteiger partial charge is 0.474 e. The Bertz CT molecular complexity index is 624. The maximum absolute atomic E-state index is 6.07. The van der Waals surface area contributed by atoms with Crippen molar-refractivity contribution in [2.45, 2.75) is 88.8 Å². The number of hydrogen-bond donors (Lipinski definition) is 0. The van der Waals surface area contributed by atoms with Crippen LogP contribution in [0.15, 0.2) is 47.6 Å². The molecule has 2 saturated carbocycles. The van der Waals surface area contributed by atoms with Crippen LogP contribution in [0, 0.1) is 0 Å². The molecule has 0 amide bonds. The van der Waals surface area contributed by atoms with E-state index in [1.54, 1.807) is 0 Å². The molecule has 1 heterocycles. The Balaban J connectivity index is 1.47. The fraction of sp³-hybridized carbons (Fsp3) is 0.625. The number of ether oxygens (including phenoxy) is 1. The molecule has 1 atom stereocenters. The lowest BCUT2D eigenvalue weighted by Crippen LogP contribution is -2.46. The zero-order valence-corrected chi connectivity index (χ0v) is 16.6. The quantitative estimate of drug-likeness (QED) is 0.663. The van der Waals surface area contributed by atoms with Crippen molar-refractivity contribution >= 4 is 5.90 Å². The minimum absolute atomic E-state index is 0.221. The second-order valence-corrected chi connectivity index (χ2v) is 8.53. The summed E-state index contributed by atoms with van der Waals surface area (Å²) >= 11 is 0. The Morgan fingerprint density at radius 2 is 1.52 bits per heavy atom. The van der Waals surface area contributed by atoms with E-state index in [4.69, 9.17) is 9.73 Å². The van der Waals surface area contributed by atoms with Gasteiger partial charge >= 0.3 is 0 Å². The van der Waals surface area contributed by atoms with Gasteiger partial charge in [0.05, 0.1) is 11.7 Å².